The zero-order chi connectivity index (χ0) is 15.1. The largest absolute Gasteiger partial charge is 0.497 e. The Balaban J connectivity index is 0.00000242. The zero-order valence-corrected chi connectivity index (χ0v) is 15.2. The van der Waals surface area contributed by atoms with Crippen LogP contribution in [-0.4, -0.2) is 24.6 Å². The van der Waals surface area contributed by atoms with Crippen molar-refractivity contribution >= 4 is 34.3 Å². The smallest absolute Gasteiger partial charge is 0.188 e. The van der Waals surface area contributed by atoms with E-state index in [1.165, 1.54) is 5.56 Å². The van der Waals surface area contributed by atoms with Crippen LogP contribution in [0, 0.1) is 6.92 Å². The monoisotopic (exact) mass is 384 g/mol. The number of thiazole rings is 1. The number of guanidine groups is 1. The van der Waals surface area contributed by atoms with Crippen molar-refractivity contribution in [1.82, 2.24) is 10.3 Å². The minimum absolute atomic E-state index is 0. The fourth-order valence-corrected chi connectivity index (χ4v) is 2.43. The van der Waals surface area contributed by atoms with Gasteiger partial charge < -0.3 is 15.8 Å². The molecule has 0 atom stereocenters. The predicted octanol–water partition coefficient (Wildman–Crippen LogP) is 2.69. The van der Waals surface area contributed by atoms with Gasteiger partial charge in [-0.1, -0.05) is 12.1 Å². The second-order valence-electron chi connectivity index (χ2n) is 4.58. The molecular formula is C15H21BrN4OS. The zero-order valence-electron chi connectivity index (χ0n) is 12.7. The Hall–Kier alpha value is -1.60. The van der Waals surface area contributed by atoms with E-state index in [-0.39, 0.29) is 17.0 Å². The second kappa shape index (κ2) is 9.42. The predicted molar refractivity (Wildman–Crippen MR) is 97.2 cm³/mol. The highest BCUT2D eigenvalue weighted by atomic mass is 79.9. The lowest BCUT2D eigenvalue weighted by molar-refractivity contribution is 0.414. The van der Waals surface area contributed by atoms with E-state index in [2.05, 4.69) is 15.3 Å². The van der Waals surface area contributed by atoms with Crippen LogP contribution in [0.15, 0.2) is 34.6 Å². The number of aryl methyl sites for hydroxylation is 1. The molecule has 2 rings (SSSR count). The van der Waals surface area contributed by atoms with Gasteiger partial charge in [-0.2, -0.15) is 0 Å². The molecule has 0 aliphatic heterocycles. The molecule has 0 aliphatic carbocycles. The summed E-state index contributed by atoms with van der Waals surface area (Å²) < 4.78 is 5.13. The molecule has 120 valence electrons. The van der Waals surface area contributed by atoms with Crippen molar-refractivity contribution in [2.24, 2.45) is 10.7 Å². The average Bonchev–Trinajstić information content (AvgIpc) is 2.91. The van der Waals surface area contributed by atoms with Crippen LogP contribution in [0.5, 0.6) is 5.75 Å². The van der Waals surface area contributed by atoms with Gasteiger partial charge in [0.1, 0.15) is 5.75 Å². The molecule has 3 N–H and O–H groups in total. The summed E-state index contributed by atoms with van der Waals surface area (Å²) in [7, 11) is 1.66. The van der Waals surface area contributed by atoms with E-state index < -0.39 is 0 Å². The summed E-state index contributed by atoms with van der Waals surface area (Å²) in [6.07, 6.45) is 0.885. The van der Waals surface area contributed by atoms with E-state index in [9.17, 15) is 0 Å². The molecule has 0 saturated heterocycles. The summed E-state index contributed by atoms with van der Waals surface area (Å²) >= 11 is 1.62. The maximum absolute atomic E-state index is 5.83. The molecular weight excluding hydrogens is 364 g/mol. The van der Waals surface area contributed by atoms with Crippen LogP contribution >= 0.6 is 28.3 Å². The quantitative estimate of drug-likeness (QED) is 0.593. The van der Waals surface area contributed by atoms with Crippen molar-refractivity contribution < 1.29 is 4.74 Å². The molecule has 0 bridgehead atoms. The molecule has 0 amide bonds. The van der Waals surface area contributed by atoms with Crippen molar-refractivity contribution in [1.29, 1.82) is 0 Å². The SMILES string of the molecule is Br.COc1ccc(CCNC(N)=NCc2csc(C)n2)cc1. The molecule has 0 fully saturated rings. The van der Waals surface area contributed by atoms with Gasteiger partial charge in [0.15, 0.2) is 5.96 Å². The number of nitrogens with two attached hydrogens (primary N) is 1. The van der Waals surface area contributed by atoms with Crippen LogP contribution in [0.1, 0.15) is 16.3 Å². The first kappa shape index (κ1) is 18.4. The van der Waals surface area contributed by atoms with Gasteiger partial charge in [0, 0.05) is 11.9 Å². The van der Waals surface area contributed by atoms with E-state index in [0.717, 1.165) is 29.4 Å². The maximum atomic E-state index is 5.83. The maximum Gasteiger partial charge on any atom is 0.188 e. The number of nitrogens with one attached hydrogen (secondary N) is 1. The lowest BCUT2D eigenvalue weighted by atomic mass is 10.1. The van der Waals surface area contributed by atoms with Crippen molar-refractivity contribution in [2.45, 2.75) is 19.9 Å². The van der Waals surface area contributed by atoms with E-state index in [4.69, 9.17) is 10.5 Å². The fraction of sp³-hybridized carbons (Fsp3) is 0.333. The summed E-state index contributed by atoms with van der Waals surface area (Å²) in [6, 6.07) is 8.01. The van der Waals surface area contributed by atoms with Gasteiger partial charge in [-0.15, -0.1) is 28.3 Å². The molecule has 2 aromatic rings. The summed E-state index contributed by atoms with van der Waals surface area (Å²) in [6.45, 7) is 3.25. The van der Waals surface area contributed by atoms with Gasteiger partial charge in [0.05, 0.1) is 24.4 Å². The minimum atomic E-state index is 0. The van der Waals surface area contributed by atoms with E-state index in [0.29, 0.717) is 12.5 Å². The Labute approximate surface area is 145 Å². The third-order valence-corrected chi connectivity index (χ3v) is 3.78. The minimum Gasteiger partial charge on any atom is -0.497 e. The van der Waals surface area contributed by atoms with Crippen molar-refractivity contribution in [3.63, 3.8) is 0 Å². The van der Waals surface area contributed by atoms with Crippen LogP contribution in [0.4, 0.5) is 0 Å². The standard InChI is InChI=1S/C15H20N4OS.BrH/c1-11-19-13(10-21-11)9-18-15(16)17-8-7-12-3-5-14(20-2)6-4-12;/h3-6,10H,7-9H2,1-2H3,(H3,16,17,18);1H. The number of aromatic nitrogens is 1. The van der Waals surface area contributed by atoms with Crippen LogP contribution in [-0.2, 0) is 13.0 Å². The van der Waals surface area contributed by atoms with Crippen LogP contribution in [0.2, 0.25) is 0 Å². The van der Waals surface area contributed by atoms with Gasteiger partial charge in [-0.25, -0.2) is 9.98 Å². The Morgan fingerprint density at radius 2 is 2.09 bits per heavy atom. The molecule has 7 heteroatoms. The molecule has 1 aromatic heterocycles. The summed E-state index contributed by atoms with van der Waals surface area (Å²) in [4.78, 5) is 8.62. The van der Waals surface area contributed by atoms with Crippen LogP contribution in [0.3, 0.4) is 0 Å². The highest BCUT2D eigenvalue weighted by Crippen LogP contribution is 2.11. The molecule has 5 nitrogen and oxygen atoms in total. The Kier molecular flexibility index (Phi) is 7.90. The number of rotatable bonds is 6. The molecule has 0 radical (unpaired) electrons. The number of nitrogens with zero attached hydrogens (tertiary/aromatic N) is 2. The molecule has 0 saturated carbocycles. The van der Waals surface area contributed by atoms with E-state index >= 15 is 0 Å². The lowest BCUT2D eigenvalue weighted by Gasteiger charge is -2.06. The topological polar surface area (TPSA) is 72.5 Å². The van der Waals surface area contributed by atoms with Crippen molar-refractivity contribution in [2.75, 3.05) is 13.7 Å². The Morgan fingerprint density at radius 3 is 2.68 bits per heavy atom. The average molecular weight is 385 g/mol. The highest BCUT2D eigenvalue weighted by molar-refractivity contribution is 8.93. The van der Waals surface area contributed by atoms with Crippen LogP contribution in [0.25, 0.3) is 0 Å². The van der Waals surface area contributed by atoms with Crippen molar-refractivity contribution in [3.05, 3.63) is 45.9 Å². The Morgan fingerprint density at radius 1 is 1.36 bits per heavy atom. The number of hydrogen-bond acceptors (Lipinski definition) is 4. The van der Waals surface area contributed by atoms with E-state index in [1.807, 2.05) is 36.6 Å². The van der Waals surface area contributed by atoms with Crippen LogP contribution < -0.4 is 15.8 Å². The van der Waals surface area contributed by atoms with Crippen molar-refractivity contribution in [3.8, 4) is 5.75 Å². The fourth-order valence-electron chi connectivity index (χ4n) is 1.83. The number of methoxy groups -OCH3 is 1. The normalized spacial score (nSPS) is 10.9. The van der Waals surface area contributed by atoms with E-state index in [1.54, 1.807) is 18.4 Å². The molecule has 22 heavy (non-hydrogen) atoms. The molecule has 1 heterocycles. The van der Waals surface area contributed by atoms with Gasteiger partial charge in [0.2, 0.25) is 0 Å². The third kappa shape index (κ3) is 6.03. The number of benzene rings is 1. The molecule has 0 unspecified atom stereocenters. The van der Waals surface area contributed by atoms with Gasteiger partial charge in [-0.05, 0) is 31.0 Å². The first-order valence-electron chi connectivity index (χ1n) is 6.75. The number of hydrogen-bond donors (Lipinski definition) is 2. The third-order valence-electron chi connectivity index (χ3n) is 2.96. The Bertz CT molecular complexity index is 598. The lowest BCUT2D eigenvalue weighted by Crippen LogP contribution is -2.33. The molecule has 1 aromatic carbocycles. The first-order chi connectivity index (χ1) is 10.2. The molecule has 0 aliphatic rings. The molecule has 0 spiro atoms. The van der Waals surface area contributed by atoms with Gasteiger partial charge >= 0.3 is 0 Å². The van der Waals surface area contributed by atoms with Gasteiger partial charge in [0.25, 0.3) is 0 Å². The number of ether oxygens (including phenoxy) is 1. The summed E-state index contributed by atoms with van der Waals surface area (Å²) in [5.74, 6) is 1.32. The highest BCUT2D eigenvalue weighted by Gasteiger charge is 1.98. The summed E-state index contributed by atoms with van der Waals surface area (Å²) in [5.41, 5.74) is 8.02. The first-order valence-corrected chi connectivity index (χ1v) is 7.63. The number of halogens is 1. The van der Waals surface area contributed by atoms with Gasteiger partial charge in [-0.3, -0.25) is 0 Å². The summed E-state index contributed by atoms with van der Waals surface area (Å²) in [5, 5.41) is 6.16. The number of aliphatic imine (C=N–C) groups is 1. The second-order valence-corrected chi connectivity index (χ2v) is 5.65.